The SMILES string of the molecule is CCc1ccc(C(=O)CCl)s1. The van der Waals surface area contributed by atoms with Crippen molar-refractivity contribution in [2.45, 2.75) is 13.3 Å². The monoisotopic (exact) mass is 188 g/mol. The lowest BCUT2D eigenvalue weighted by Crippen LogP contribution is -1.95. The van der Waals surface area contributed by atoms with Gasteiger partial charge in [0.25, 0.3) is 0 Å². The van der Waals surface area contributed by atoms with Gasteiger partial charge in [0.15, 0.2) is 5.78 Å². The number of ketones is 1. The van der Waals surface area contributed by atoms with Crippen LogP contribution in [0.2, 0.25) is 0 Å². The van der Waals surface area contributed by atoms with Crippen LogP contribution in [0.25, 0.3) is 0 Å². The number of carbonyl (C=O) groups excluding carboxylic acids is 1. The maximum atomic E-state index is 11.0. The molecular weight excluding hydrogens is 180 g/mol. The number of rotatable bonds is 3. The van der Waals surface area contributed by atoms with E-state index in [1.807, 2.05) is 12.1 Å². The lowest BCUT2D eigenvalue weighted by atomic mass is 10.3. The van der Waals surface area contributed by atoms with E-state index in [4.69, 9.17) is 11.6 Å². The number of alkyl halides is 1. The van der Waals surface area contributed by atoms with E-state index in [9.17, 15) is 4.79 Å². The molecule has 0 radical (unpaired) electrons. The molecule has 0 N–H and O–H groups in total. The normalized spacial score (nSPS) is 10.0. The minimum Gasteiger partial charge on any atom is -0.292 e. The number of aryl methyl sites for hydroxylation is 1. The summed E-state index contributed by atoms with van der Waals surface area (Å²) in [5.74, 6) is 0.111. The van der Waals surface area contributed by atoms with Crippen molar-refractivity contribution in [3.63, 3.8) is 0 Å². The van der Waals surface area contributed by atoms with Gasteiger partial charge in [-0.25, -0.2) is 0 Å². The van der Waals surface area contributed by atoms with Gasteiger partial charge in [-0.15, -0.1) is 22.9 Å². The van der Waals surface area contributed by atoms with E-state index < -0.39 is 0 Å². The Labute approximate surface area is 75.0 Å². The van der Waals surface area contributed by atoms with Crippen LogP contribution in [0, 0.1) is 0 Å². The van der Waals surface area contributed by atoms with Crippen LogP contribution in [0.15, 0.2) is 12.1 Å². The Bertz CT molecular complexity index is 254. The first-order chi connectivity index (χ1) is 5.27. The molecule has 0 fully saturated rings. The van der Waals surface area contributed by atoms with Crippen molar-refractivity contribution in [1.29, 1.82) is 0 Å². The fourth-order valence-electron chi connectivity index (χ4n) is 0.784. The Hall–Kier alpha value is -0.340. The molecule has 60 valence electrons. The topological polar surface area (TPSA) is 17.1 Å². The van der Waals surface area contributed by atoms with Crippen LogP contribution in [-0.4, -0.2) is 11.7 Å². The highest BCUT2D eigenvalue weighted by Gasteiger charge is 2.05. The number of Topliss-reactive ketones (excluding diaryl/α,β-unsaturated/α-hetero) is 1. The number of hydrogen-bond acceptors (Lipinski definition) is 2. The van der Waals surface area contributed by atoms with E-state index in [1.54, 1.807) is 0 Å². The molecule has 1 nitrogen and oxygen atoms in total. The predicted molar refractivity (Wildman–Crippen MR) is 48.7 cm³/mol. The van der Waals surface area contributed by atoms with Gasteiger partial charge in [-0.1, -0.05) is 6.92 Å². The van der Waals surface area contributed by atoms with Gasteiger partial charge in [-0.2, -0.15) is 0 Å². The van der Waals surface area contributed by atoms with Crippen LogP contribution < -0.4 is 0 Å². The predicted octanol–water partition coefficient (Wildman–Crippen LogP) is 2.73. The average Bonchev–Trinajstić information content (AvgIpc) is 2.50. The molecule has 0 spiro atoms. The number of halogens is 1. The summed E-state index contributed by atoms with van der Waals surface area (Å²) < 4.78 is 0. The third-order valence-electron chi connectivity index (χ3n) is 1.41. The molecule has 1 heterocycles. The largest absolute Gasteiger partial charge is 0.292 e. The highest BCUT2D eigenvalue weighted by molar-refractivity contribution is 7.14. The van der Waals surface area contributed by atoms with Crippen molar-refractivity contribution >= 4 is 28.7 Å². The third-order valence-corrected chi connectivity index (χ3v) is 2.92. The molecule has 11 heavy (non-hydrogen) atoms. The van der Waals surface area contributed by atoms with Crippen molar-refractivity contribution in [3.8, 4) is 0 Å². The molecule has 0 unspecified atom stereocenters. The van der Waals surface area contributed by atoms with E-state index in [-0.39, 0.29) is 11.7 Å². The van der Waals surface area contributed by atoms with Gasteiger partial charge in [-0.3, -0.25) is 4.79 Å². The molecule has 0 aliphatic rings. The van der Waals surface area contributed by atoms with Crippen molar-refractivity contribution < 1.29 is 4.79 Å². The number of thiophene rings is 1. The molecule has 0 aliphatic heterocycles. The van der Waals surface area contributed by atoms with Crippen LogP contribution >= 0.6 is 22.9 Å². The smallest absolute Gasteiger partial charge is 0.187 e. The van der Waals surface area contributed by atoms with Gasteiger partial charge in [-0.05, 0) is 18.6 Å². The lowest BCUT2D eigenvalue weighted by molar-refractivity contribution is 0.102. The number of carbonyl (C=O) groups is 1. The van der Waals surface area contributed by atoms with Crippen molar-refractivity contribution in [1.82, 2.24) is 0 Å². The fourth-order valence-corrected chi connectivity index (χ4v) is 1.89. The van der Waals surface area contributed by atoms with E-state index in [0.717, 1.165) is 11.3 Å². The molecule has 0 aromatic carbocycles. The van der Waals surface area contributed by atoms with Crippen LogP contribution in [0.4, 0.5) is 0 Å². The van der Waals surface area contributed by atoms with Gasteiger partial charge in [0.1, 0.15) is 0 Å². The Morgan fingerprint density at radius 3 is 2.82 bits per heavy atom. The molecule has 0 amide bonds. The Morgan fingerprint density at radius 1 is 1.64 bits per heavy atom. The summed E-state index contributed by atoms with van der Waals surface area (Å²) in [6.45, 7) is 2.07. The van der Waals surface area contributed by atoms with Crippen LogP contribution in [-0.2, 0) is 6.42 Å². The Morgan fingerprint density at radius 2 is 2.36 bits per heavy atom. The van der Waals surface area contributed by atoms with Crippen molar-refractivity contribution in [2.75, 3.05) is 5.88 Å². The maximum absolute atomic E-state index is 11.0. The summed E-state index contributed by atoms with van der Waals surface area (Å²) in [6.07, 6.45) is 0.986. The summed E-state index contributed by atoms with van der Waals surface area (Å²) in [5, 5.41) is 0. The Balaban J connectivity index is 2.80. The molecule has 0 saturated heterocycles. The van der Waals surface area contributed by atoms with Gasteiger partial charge < -0.3 is 0 Å². The zero-order valence-electron chi connectivity index (χ0n) is 6.26. The maximum Gasteiger partial charge on any atom is 0.187 e. The highest BCUT2D eigenvalue weighted by atomic mass is 35.5. The molecule has 1 aromatic rings. The second-order valence-electron chi connectivity index (χ2n) is 2.18. The van der Waals surface area contributed by atoms with Gasteiger partial charge in [0.2, 0.25) is 0 Å². The second-order valence-corrected chi connectivity index (χ2v) is 3.61. The lowest BCUT2D eigenvalue weighted by Gasteiger charge is -1.87. The first kappa shape index (κ1) is 8.75. The minimum absolute atomic E-state index is 0.0244. The summed E-state index contributed by atoms with van der Waals surface area (Å²) in [6, 6.07) is 3.82. The molecular formula is C8H9ClOS. The Kier molecular flexibility index (Phi) is 3.09. The fraction of sp³-hybridized carbons (Fsp3) is 0.375. The average molecular weight is 189 g/mol. The quantitative estimate of drug-likeness (QED) is 0.527. The zero-order valence-corrected chi connectivity index (χ0v) is 7.84. The van der Waals surface area contributed by atoms with Crippen LogP contribution in [0.1, 0.15) is 21.5 Å². The standard InChI is InChI=1S/C8H9ClOS/c1-2-6-3-4-8(11-6)7(10)5-9/h3-4H,2,5H2,1H3. The molecule has 0 aliphatic carbocycles. The molecule has 3 heteroatoms. The van der Waals surface area contributed by atoms with Gasteiger partial charge in [0, 0.05) is 4.88 Å². The molecule has 1 aromatic heterocycles. The van der Waals surface area contributed by atoms with E-state index >= 15 is 0 Å². The first-order valence-corrected chi connectivity index (χ1v) is 4.81. The minimum atomic E-state index is 0.0244. The van der Waals surface area contributed by atoms with E-state index in [1.165, 1.54) is 16.2 Å². The molecule has 0 saturated carbocycles. The summed E-state index contributed by atoms with van der Waals surface area (Å²) in [4.78, 5) is 13.0. The number of hydrogen-bond donors (Lipinski definition) is 0. The van der Waals surface area contributed by atoms with Crippen molar-refractivity contribution in [2.24, 2.45) is 0 Å². The van der Waals surface area contributed by atoms with E-state index in [0.29, 0.717) is 0 Å². The second kappa shape index (κ2) is 3.88. The summed E-state index contributed by atoms with van der Waals surface area (Å²) in [5.41, 5.74) is 0. The zero-order chi connectivity index (χ0) is 8.27. The summed E-state index contributed by atoms with van der Waals surface area (Å²) >= 11 is 6.93. The van der Waals surface area contributed by atoms with Gasteiger partial charge in [0.05, 0.1) is 10.8 Å². The van der Waals surface area contributed by atoms with Crippen molar-refractivity contribution in [3.05, 3.63) is 21.9 Å². The van der Waals surface area contributed by atoms with Crippen LogP contribution in [0.5, 0.6) is 0 Å². The van der Waals surface area contributed by atoms with Gasteiger partial charge >= 0.3 is 0 Å². The third kappa shape index (κ3) is 2.04. The van der Waals surface area contributed by atoms with Crippen LogP contribution in [0.3, 0.4) is 0 Å². The molecule has 0 atom stereocenters. The van der Waals surface area contributed by atoms with E-state index in [2.05, 4.69) is 6.92 Å². The summed E-state index contributed by atoms with van der Waals surface area (Å²) in [7, 11) is 0. The highest BCUT2D eigenvalue weighted by Crippen LogP contribution is 2.17. The molecule has 0 bridgehead atoms. The molecule has 1 rings (SSSR count). The first-order valence-electron chi connectivity index (χ1n) is 3.45.